The van der Waals surface area contributed by atoms with Crippen molar-refractivity contribution in [3.8, 4) is 0 Å². The Morgan fingerprint density at radius 1 is 1.35 bits per heavy atom. The zero-order chi connectivity index (χ0) is 15.2. The van der Waals surface area contributed by atoms with Crippen molar-refractivity contribution >= 4 is 0 Å². The molecule has 2 unspecified atom stereocenters. The molecule has 0 bridgehead atoms. The van der Waals surface area contributed by atoms with Crippen LogP contribution in [0.1, 0.15) is 59.7 Å². The second-order valence-electron chi connectivity index (χ2n) is 7.35. The van der Waals surface area contributed by atoms with Crippen molar-refractivity contribution in [2.24, 2.45) is 18.4 Å². The number of imidazole rings is 1. The maximum Gasteiger partial charge on any atom is 0.108 e. The Morgan fingerprint density at radius 2 is 2.05 bits per heavy atom. The highest BCUT2D eigenvalue weighted by atomic mass is 15.0. The van der Waals surface area contributed by atoms with Gasteiger partial charge in [-0.1, -0.05) is 34.6 Å². The van der Waals surface area contributed by atoms with E-state index in [0.29, 0.717) is 11.5 Å². The lowest BCUT2D eigenvalue weighted by molar-refractivity contribution is 0.271. The Bertz CT molecular complexity index is 376. The largest absolute Gasteiger partial charge is 0.338 e. The zero-order valence-electron chi connectivity index (χ0n) is 14.2. The van der Waals surface area contributed by atoms with Crippen LogP contribution < -0.4 is 5.32 Å². The molecule has 1 N–H and O–H groups in total. The lowest BCUT2D eigenvalue weighted by atomic mass is 9.82. The van der Waals surface area contributed by atoms with Crippen molar-refractivity contribution in [1.82, 2.24) is 14.9 Å². The van der Waals surface area contributed by atoms with E-state index >= 15 is 0 Å². The molecule has 1 aromatic heterocycles. The summed E-state index contributed by atoms with van der Waals surface area (Å²) < 4.78 is 2.13. The first-order chi connectivity index (χ1) is 9.31. The maximum atomic E-state index is 4.42. The summed E-state index contributed by atoms with van der Waals surface area (Å²) in [5.41, 5.74) is 0.426. The molecule has 0 amide bonds. The SMILES string of the molecule is CCNC(CCc1nccn1C)CC(C)CC(C)(C)C. The van der Waals surface area contributed by atoms with Gasteiger partial charge < -0.3 is 9.88 Å². The van der Waals surface area contributed by atoms with E-state index < -0.39 is 0 Å². The molecule has 0 aliphatic carbocycles. The van der Waals surface area contributed by atoms with E-state index in [9.17, 15) is 0 Å². The van der Waals surface area contributed by atoms with Gasteiger partial charge in [-0.15, -0.1) is 0 Å². The smallest absolute Gasteiger partial charge is 0.108 e. The Labute approximate surface area is 125 Å². The molecule has 1 heterocycles. The lowest BCUT2D eigenvalue weighted by Gasteiger charge is -2.27. The molecule has 116 valence electrons. The molecule has 0 aliphatic rings. The third-order valence-corrected chi connectivity index (χ3v) is 3.78. The minimum Gasteiger partial charge on any atom is -0.338 e. The normalized spacial score (nSPS) is 15.3. The van der Waals surface area contributed by atoms with Gasteiger partial charge in [0.25, 0.3) is 0 Å². The van der Waals surface area contributed by atoms with Crippen molar-refractivity contribution in [1.29, 1.82) is 0 Å². The molecule has 0 radical (unpaired) electrons. The van der Waals surface area contributed by atoms with Crippen LogP contribution in [0.4, 0.5) is 0 Å². The summed E-state index contributed by atoms with van der Waals surface area (Å²) in [6, 6.07) is 0.606. The summed E-state index contributed by atoms with van der Waals surface area (Å²) in [5.74, 6) is 1.96. The summed E-state index contributed by atoms with van der Waals surface area (Å²) in [5, 5.41) is 3.64. The van der Waals surface area contributed by atoms with Crippen LogP contribution in [0.5, 0.6) is 0 Å². The van der Waals surface area contributed by atoms with Gasteiger partial charge in [0.05, 0.1) is 0 Å². The fourth-order valence-corrected chi connectivity index (χ4v) is 3.15. The monoisotopic (exact) mass is 279 g/mol. The Morgan fingerprint density at radius 3 is 2.55 bits per heavy atom. The lowest BCUT2D eigenvalue weighted by Crippen LogP contribution is -2.32. The van der Waals surface area contributed by atoms with Gasteiger partial charge in [0.1, 0.15) is 5.82 Å². The summed E-state index contributed by atoms with van der Waals surface area (Å²) in [6.45, 7) is 12.6. The summed E-state index contributed by atoms with van der Waals surface area (Å²) in [4.78, 5) is 4.42. The number of hydrogen-bond donors (Lipinski definition) is 1. The number of hydrogen-bond acceptors (Lipinski definition) is 2. The number of aryl methyl sites for hydroxylation is 2. The molecule has 0 aliphatic heterocycles. The summed E-state index contributed by atoms with van der Waals surface area (Å²) >= 11 is 0. The standard InChI is InChI=1S/C17H33N3/c1-7-18-15(12-14(2)13-17(3,4)5)8-9-16-19-10-11-20(16)6/h10-11,14-15,18H,7-9,12-13H2,1-6H3. The van der Waals surface area contributed by atoms with E-state index in [1.807, 2.05) is 12.4 Å². The second kappa shape index (κ2) is 7.82. The van der Waals surface area contributed by atoms with E-state index in [1.54, 1.807) is 0 Å². The predicted octanol–water partition coefficient (Wildman–Crippen LogP) is 3.79. The molecule has 1 rings (SSSR count). The highest BCUT2D eigenvalue weighted by Crippen LogP contribution is 2.27. The Balaban J connectivity index is 2.45. The minimum atomic E-state index is 0.426. The van der Waals surface area contributed by atoms with E-state index in [-0.39, 0.29) is 0 Å². The van der Waals surface area contributed by atoms with E-state index in [2.05, 4.69) is 56.5 Å². The fourth-order valence-electron chi connectivity index (χ4n) is 3.15. The summed E-state index contributed by atoms with van der Waals surface area (Å²) in [6.07, 6.45) is 8.70. The van der Waals surface area contributed by atoms with Gasteiger partial charge in [0.15, 0.2) is 0 Å². The number of rotatable bonds is 8. The third-order valence-electron chi connectivity index (χ3n) is 3.78. The fraction of sp³-hybridized carbons (Fsp3) is 0.824. The molecule has 3 heteroatoms. The molecule has 1 aromatic rings. The third kappa shape index (κ3) is 6.56. The average Bonchev–Trinajstić information content (AvgIpc) is 2.69. The van der Waals surface area contributed by atoms with Gasteiger partial charge in [-0.05, 0) is 37.1 Å². The van der Waals surface area contributed by atoms with Gasteiger partial charge in [0.2, 0.25) is 0 Å². The first kappa shape index (κ1) is 17.2. The van der Waals surface area contributed by atoms with Crippen LogP contribution >= 0.6 is 0 Å². The van der Waals surface area contributed by atoms with Gasteiger partial charge >= 0.3 is 0 Å². The van der Waals surface area contributed by atoms with Gasteiger partial charge in [-0.2, -0.15) is 0 Å². The van der Waals surface area contributed by atoms with Crippen molar-refractivity contribution in [3.63, 3.8) is 0 Å². The molecule has 3 nitrogen and oxygen atoms in total. The highest BCUT2D eigenvalue weighted by molar-refractivity contribution is 4.92. The molecule has 0 spiro atoms. The quantitative estimate of drug-likeness (QED) is 0.784. The minimum absolute atomic E-state index is 0.426. The number of nitrogens with one attached hydrogen (secondary N) is 1. The van der Waals surface area contributed by atoms with Gasteiger partial charge in [-0.25, -0.2) is 4.98 Å². The van der Waals surface area contributed by atoms with Crippen LogP contribution in [0.15, 0.2) is 12.4 Å². The van der Waals surface area contributed by atoms with Crippen LogP contribution in [0, 0.1) is 11.3 Å². The van der Waals surface area contributed by atoms with Crippen LogP contribution in [-0.4, -0.2) is 22.1 Å². The van der Waals surface area contributed by atoms with Crippen molar-refractivity contribution in [3.05, 3.63) is 18.2 Å². The van der Waals surface area contributed by atoms with E-state index in [0.717, 1.165) is 18.9 Å². The van der Waals surface area contributed by atoms with Crippen molar-refractivity contribution in [2.75, 3.05) is 6.54 Å². The first-order valence-electron chi connectivity index (χ1n) is 8.01. The van der Waals surface area contributed by atoms with Gasteiger partial charge in [0, 0.05) is 31.9 Å². The molecule has 20 heavy (non-hydrogen) atoms. The van der Waals surface area contributed by atoms with Crippen LogP contribution in [0.2, 0.25) is 0 Å². The molecule has 0 saturated heterocycles. The van der Waals surface area contributed by atoms with E-state index in [4.69, 9.17) is 0 Å². The van der Waals surface area contributed by atoms with Crippen LogP contribution in [0.3, 0.4) is 0 Å². The average molecular weight is 279 g/mol. The molecule has 0 fully saturated rings. The molecule has 0 aromatic carbocycles. The van der Waals surface area contributed by atoms with E-state index in [1.165, 1.54) is 25.1 Å². The highest BCUT2D eigenvalue weighted by Gasteiger charge is 2.19. The molecule has 2 atom stereocenters. The summed E-state index contributed by atoms with van der Waals surface area (Å²) in [7, 11) is 2.08. The first-order valence-corrected chi connectivity index (χ1v) is 8.01. The van der Waals surface area contributed by atoms with Gasteiger partial charge in [-0.3, -0.25) is 0 Å². The molecular weight excluding hydrogens is 246 g/mol. The topological polar surface area (TPSA) is 29.9 Å². The maximum absolute atomic E-state index is 4.42. The molecule has 0 saturated carbocycles. The number of nitrogens with zero attached hydrogens (tertiary/aromatic N) is 2. The Hall–Kier alpha value is -0.830. The van der Waals surface area contributed by atoms with Crippen LogP contribution in [0.25, 0.3) is 0 Å². The Kier molecular flexibility index (Phi) is 6.74. The predicted molar refractivity (Wildman–Crippen MR) is 86.8 cm³/mol. The second-order valence-corrected chi connectivity index (χ2v) is 7.35. The van der Waals surface area contributed by atoms with Crippen molar-refractivity contribution < 1.29 is 0 Å². The number of aromatic nitrogens is 2. The van der Waals surface area contributed by atoms with Crippen LogP contribution in [-0.2, 0) is 13.5 Å². The molecular formula is C17H33N3. The zero-order valence-corrected chi connectivity index (χ0v) is 14.2. The van der Waals surface area contributed by atoms with Crippen molar-refractivity contribution in [2.45, 2.75) is 66.3 Å².